The molecule has 0 fully saturated rings. The highest BCUT2D eigenvalue weighted by Crippen LogP contribution is 2.37. The number of nitro groups is 1. The van der Waals surface area contributed by atoms with E-state index in [0.29, 0.717) is 10.6 Å². The number of nitrogens with zero attached hydrogens (tertiary/aromatic N) is 4. The molecule has 0 saturated carbocycles. The van der Waals surface area contributed by atoms with Crippen LogP contribution in [0.1, 0.15) is 19.5 Å². The van der Waals surface area contributed by atoms with Gasteiger partial charge in [-0.3, -0.25) is 14.9 Å². The van der Waals surface area contributed by atoms with Gasteiger partial charge in [0.25, 0.3) is 5.56 Å². The molecule has 2 aromatic carbocycles. The van der Waals surface area contributed by atoms with Crippen LogP contribution in [0.25, 0.3) is 5.69 Å². The quantitative estimate of drug-likeness (QED) is 0.130. The van der Waals surface area contributed by atoms with Crippen molar-refractivity contribution in [2.24, 2.45) is 5.16 Å². The summed E-state index contributed by atoms with van der Waals surface area (Å²) in [6.07, 6.45) is -5.03. The van der Waals surface area contributed by atoms with Crippen LogP contribution < -0.4 is 15.1 Å². The lowest BCUT2D eigenvalue weighted by Gasteiger charge is -2.15. The summed E-state index contributed by atoms with van der Waals surface area (Å²) in [7, 11) is 0. The Bertz CT molecular complexity index is 1390. The first kappa shape index (κ1) is 26.4. The SMILES string of the molecule is CCO/C(C)=N\Oc1nc(C(F)(F)F)cc(=O)n1-c1cc(Oc2ccccc2[N+](=O)[O-])c(Cl)cc1F. The van der Waals surface area contributed by atoms with Gasteiger partial charge in [0.05, 0.1) is 22.2 Å². The highest BCUT2D eigenvalue weighted by Gasteiger charge is 2.35. The molecule has 0 aliphatic heterocycles. The molecular formula is C21H15ClF4N4O6. The summed E-state index contributed by atoms with van der Waals surface area (Å²) in [6, 6.07) is 5.81. The maximum Gasteiger partial charge on any atom is 0.433 e. The molecule has 1 heterocycles. The molecule has 1 aromatic heterocycles. The summed E-state index contributed by atoms with van der Waals surface area (Å²) < 4.78 is 65.5. The minimum atomic E-state index is -5.03. The van der Waals surface area contributed by atoms with E-state index in [-0.39, 0.29) is 35.1 Å². The van der Waals surface area contributed by atoms with Gasteiger partial charge in [-0.05, 0) is 24.2 Å². The molecule has 0 amide bonds. The number of halogens is 5. The Kier molecular flexibility index (Phi) is 7.77. The van der Waals surface area contributed by atoms with Crippen molar-refractivity contribution in [2.75, 3.05) is 6.61 Å². The molecule has 0 N–H and O–H groups in total. The largest absolute Gasteiger partial charge is 0.479 e. The van der Waals surface area contributed by atoms with Crippen LogP contribution in [-0.4, -0.2) is 27.0 Å². The number of rotatable bonds is 7. The lowest BCUT2D eigenvalue weighted by Crippen LogP contribution is -2.25. The molecule has 0 saturated heterocycles. The van der Waals surface area contributed by atoms with Crippen LogP contribution in [0, 0.1) is 15.9 Å². The Morgan fingerprint density at radius 2 is 1.92 bits per heavy atom. The first-order valence-corrected chi connectivity index (χ1v) is 10.3. The van der Waals surface area contributed by atoms with Crippen LogP contribution in [0.5, 0.6) is 17.5 Å². The van der Waals surface area contributed by atoms with E-state index < -0.39 is 45.6 Å². The number of oxime groups is 1. The maximum atomic E-state index is 14.9. The van der Waals surface area contributed by atoms with E-state index in [0.717, 1.165) is 12.1 Å². The lowest BCUT2D eigenvalue weighted by molar-refractivity contribution is -0.385. The van der Waals surface area contributed by atoms with E-state index in [9.17, 15) is 32.5 Å². The van der Waals surface area contributed by atoms with E-state index in [1.165, 1.54) is 25.1 Å². The number of ether oxygens (including phenoxy) is 2. The second-order valence-corrected chi connectivity index (χ2v) is 7.20. The minimum Gasteiger partial charge on any atom is -0.479 e. The zero-order valence-electron chi connectivity index (χ0n) is 18.4. The summed E-state index contributed by atoms with van der Waals surface area (Å²) in [6.45, 7) is 3.08. The second-order valence-electron chi connectivity index (χ2n) is 6.79. The van der Waals surface area contributed by atoms with Crippen LogP contribution in [-0.2, 0) is 10.9 Å². The first-order chi connectivity index (χ1) is 16.9. The fourth-order valence-corrected chi connectivity index (χ4v) is 3.00. The normalized spacial score (nSPS) is 11.8. The Balaban J connectivity index is 2.19. The van der Waals surface area contributed by atoms with E-state index in [4.69, 9.17) is 25.9 Å². The number of para-hydroxylation sites is 2. The molecule has 3 rings (SSSR count). The van der Waals surface area contributed by atoms with Crippen molar-refractivity contribution >= 4 is 23.2 Å². The number of hydrogen-bond donors (Lipinski definition) is 0. The van der Waals surface area contributed by atoms with Crippen molar-refractivity contribution < 1.29 is 36.8 Å². The molecule has 0 unspecified atom stereocenters. The fraction of sp³-hybridized carbons (Fsp3) is 0.190. The average molecular weight is 531 g/mol. The van der Waals surface area contributed by atoms with Crippen LogP contribution in [0.4, 0.5) is 23.2 Å². The summed E-state index contributed by atoms with van der Waals surface area (Å²) >= 11 is 6.02. The van der Waals surface area contributed by atoms with Gasteiger partial charge >= 0.3 is 17.9 Å². The standard InChI is InChI=1S/C21H15ClF4N4O6/c1-3-34-11(2)28-36-20-27-18(21(24,25)26)10-19(31)29(20)15-9-17(12(22)8-13(15)23)35-16-7-5-4-6-14(16)30(32)33/h4-10H,3H2,1-2H3/b28-11-. The van der Waals surface area contributed by atoms with Crippen molar-refractivity contribution in [2.45, 2.75) is 20.0 Å². The lowest BCUT2D eigenvalue weighted by atomic mass is 10.2. The van der Waals surface area contributed by atoms with Gasteiger partial charge < -0.3 is 14.3 Å². The van der Waals surface area contributed by atoms with Crippen LogP contribution >= 0.6 is 11.6 Å². The van der Waals surface area contributed by atoms with E-state index in [1.54, 1.807) is 6.92 Å². The number of benzene rings is 2. The molecule has 0 aliphatic carbocycles. The van der Waals surface area contributed by atoms with Gasteiger partial charge in [-0.15, -0.1) is 0 Å². The third-order valence-corrected chi connectivity index (χ3v) is 4.61. The number of hydrogen-bond acceptors (Lipinski definition) is 8. The Labute approximate surface area is 204 Å². The molecule has 15 heteroatoms. The van der Waals surface area contributed by atoms with Gasteiger partial charge in [0, 0.05) is 25.1 Å². The number of nitro benzene ring substituents is 1. The van der Waals surface area contributed by atoms with Gasteiger partial charge in [0.2, 0.25) is 11.6 Å². The third kappa shape index (κ3) is 5.89. The molecule has 0 atom stereocenters. The molecule has 10 nitrogen and oxygen atoms in total. The predicted octanol–water partition coefficient (Wildman–Crippen LogP) is 5.49. The molecule has 3 aromatic rings. The van der Waals surface area contributed by atoms with Crippen LogP contribution in [0.3, 0.4) is 0 Å². The highest BCUT2D eigenvalue weighted by molar-refractivity contribution is 6.32. The zero-order chi connectivity index (χ0) is 26.6. The smallest absolute Gasteiger partial charge is 0.433 e. The van der Waals surface area contributed by atoms with E-state index >= 15 is 0 Å². The molecular weight excluding hydrogens is 516 g/mol. The monoisotopic (exact) mass is 530 g/mol. The molecule has 190 valence electrons. The van der Waals surface area contributed by atoms with Gasteiger partial charge in [0.15, 0.2) is 5.69 Å². The van der Waals surface area contributed by atoms with Gasteiger partial charge in [-0.25, -0.2) is 8.96 Å². The van der Waals surface area contributed by atoms with Crippen molar-refractivity contribution in [3.8, 4) is 23.2 Å². The Morgan fingerprint density at radius 3 is 2.56 bits per heavy atom. The van der Waals surface area contributed by atoms with Gasteiger partial charge in [-0.2, -0.15) is 18.2 Å². The summed E-state index contributed by atoms with van der Waals surface area (Å²) in [5.41, 5.74) is -4.13. The first-order valence-electron chi connectivity index (χ1n) is 9.88. The number of aromatic nitrogens is 2. The van der Waals surface area contributed by atoms with Crippen molar-refractivity contribution in [1.82, 2.24) is 9.55 Å². The van der Waals surface area contributed by atoms with Crippen LogP contribution in [0.15, 0.2) is 52.4 Å². The second kappa shape index (κ2) is 10.6. The predicted molar refractivity (Wildman–Crippen MR) is 118 cm³/mol. The van der Waals surface area contributed by atoms with Crippen molar-refractivity contribution in [3.63, 3.8) is 0 Å². The minimum absolute atomic E-state index is 0.118. The maximum absolute atomic E-state index is 14.9. The average Bonchev–Trinajstić information content (AvgIpc) is 2.79. The van der Waals surface area contributed by atoms with Crippen LogP contribution in [0.2, 0.25) is 5.02 Å². The van der Waals surface area contributed by atoms with Gasteiger partial charge in [0.1, 0.15) is 11.6 Å². The summed E-state index contributed by atoms with van der Waals surface area (Å²) in [5, 5.41) is 14.4. The summed E-state index contributed by atoms with van der Waals surface area (Å²) in [5.74, 6) is -1.91. The molecule has 0 bridgehead atoms. The third-order valence-electron chi connectivity index (χ3n) is 4.31. The molecule has 0 spiro atoms. The van der Waals surface area contributed by atoms with Crippen molar-refractivity contribution in [1.29, 1.82) is 0 Å². The zero-order valence-corrected chi connectivity index (χ0v) is 19.1. The van der Waals surface area contributed by atoms with Crippen molar-refractivity contribution in [3.05, 3.63) is 79.5 Å². The van der Waals surface area contributed by atoms with E-state index in [2.05, 4.69) is 10.1 Å². The molecule has 36 heavy (non-hydrogen) atoms. The Hall–Kier alpha value is -4.20. The highest BCUT2D eigenvalue weighted by atomic mass is 35.5. The fourth-order valence-electron chi connectivity index (χ4n) is 2.81. The number of alkyl halides is 3. The van der Waals surface area contributed by atoms with E-state index in [1.807, 2.05) is 0 Å². The summed E-state index contributed by atoms with van der Waals surface area (Å²) in [4.78, 5) is 31.3. The van der Waals surface area contributed by atoms with Gasteiger partial charge in [-0.1, -0.05) is 23.7 Å². The Morgan fingerprint density at radius 1 is 1.22 bits per heavy atom. The molecule has 0 radical (unpaired) electrons. The molecule has 0 aliphatic rings. The topological polar surface area (TPSA) is 118 Å².